The Hall–Kier alpha value is -1.06. The van der Waals surface area contributed by atoms with Gasteiger partial charge in [0.1, 0.15) is 5.75 Å². The van der Waals surface area contributed by atoms with Gasteiger partial charge >= 0.3 is 0 Å². The lowest BCUT2D eigenvalue weighted by molar-refractivity contribution is 0.206. The zero-order valence-corrected chi connectivity index (χ0v) is 11.7. The third-order valence-corrected chi connectivity index (χ3v) is 2.98. The lowest BCUT2D eigenvalue weighted by Crippen LogP contribution is -2.30. The van der Waals surface area contributed by atoms with Gasteiger partial charge in [0.25, 0.3) is 0 Å². The Morgan fingerprint density at radius 2 is 2.00 bits per heavy atom. The number of aliphatic hydroxyl groups excluding tert-OH is 1. The average Bonchev–Trinajstić information content (AvgIpc) is 2.31. The number of nitrogens with one attached hydrogen (secondary N) is 1. The molecule has 0 atom stereocenters. The standard InChI is InChI=1S/C15H25NO2/c1-4-18-14-8-6-5-7-13(14)11-16-12-15(2,3)9-10-17/h5-8,16-17H,4,9-12H2,1-3H3. The topological polar surface area (TPSA) is 41.5 Å². The van der Waals surface area contributed by atoms with E-state index in [1.165, 1.54) is 5.56 Å². The molecule has 2 N–H and O–H groups in total. The summed E-state index contributed by atoms with van der Waals surface area (Å²) in [5.74, 6) is 0.951. The van der Waals surface area contributed by atoms with Crippen LogP contribution in [0.2, 0.25) is 0 Å². The van der Waals surface area contributed by atoms with Gasteiger partial charge in [-0.05, 0) is 24.8 Å². The summed E-state index contributed by atoms with van der Waals surface area (Å²) in [5.41, 5.74) is 1.30. The zero-order chi connectivity index (χ0) is 13.4. The fourth-order valence-electron chi connectivity index (χ4n) is 1.87. The summed E-state index contributed by atoms with van der Waals surface area (Å²) in [4.78, 5) is 0. The van der Waals surface area contributed by atoms with Gasteiger partial charge in [-0.25, -0.2) is 0 Å². The van der Waals surface area contributed by atoms with E-state index in [9.17, 15) is 0 Å². The summed E-state index contributed by atoms with van der Waals surface area (Å²) >= 11 is 0. The quantitative estimate of drug-likeness (QED) is 0.746. The second-order valence-corrected chi connectivity index (χ2v) is 5.28. The van der Waals surface area contributed by atoms with Crippen LogP contribution in [0.5, 0.6) is 5.75 Å². The van der Waals surface area contributed by atoms with Crippen LogP contribution in [0.15, 0.2) is 24.3 Å². The zero-order valence-electron chi connectivity index (χ0n) is 11.7. The summed E-state index contributed by atoms with van der Waals surface area (Å²) in [6.07, 6.45) is 0.813. The third-order valence-electron chi connectivity index (χ3n) is 2.98. The Morgan fingerprint density at radius 1 is 1.28 bits per heavy atom. The summed E-state index contributed by atoms with van der Waals surface area (Å²) in [6.45, 7) is 8.92. The average molecular weight is 251 g/mol. The molecule has 102 valence electrons. The molecule has 0 unspecified atom stereocenters. The van der Waals surface area contributed by atoms with Crippen molar-refractivity contribution in [3.05, 3.63) is 29.8 Å². The molecule has 0 saturated carbocycles. The van der Waals surface area contributed by atoms with Crippen LogP contribution in [0.4, 0.5) is 0 Å². The van der Waals surface area contributed by atoms with Gasteiger partial charge in [0.15, 0.2) is 0 Å². The Bertz CT molecular complexity index is 350. The number of hydrogen-bond acceptors (Lipinski definition) is 3. The van der Waals surface area contributed by atoms with Gasteiger partial charge in [0.05, 0.1) is 6.61 Å². The highest BCUT2D eigenvalue weighted by molar-refractivity contribution is 5.33. The Balaban J connectivity index is 2.48. The summed E-state index contributed by atoms with van der Waals surface area (Å²) in [5, 5.41) is 12.4. The summed E-state index contributed by atoms with van der Waals surface area (Å²) in [6, 6.07) is 8.10. The lowest BCUT2D eigenvalue weighted by atomic mass is 9.90. The van der Waals surface area contributed by atoms with Gasteiger partial charge in [0, 0.05) is 25.3 Å². The van der Waals surface area contributed by atoms with Crippen molar-refractivity contribution in [3.8, 4) is 5.75 Å². The van der Waals surface area contributed by atoms with Crippen molar-refractivity contribution in [3.63, 3.8) is 0 Å². The lowest BCUT2D eigenvalue weighted by Gasteiger charge is -2.24. The number of rotatable bonds is 8. The molecular formula is C15H25NO2. The van der Waals surface area contributed by atoms with Crippen LogP contribution in [-0.2, 0) is 6.54 Å². The highest BCUT2D eigenvalue weighted by atomic mass is 16.5. The van der Waals surface area contributed by atoms with Crippen LogP contribution < -0.4 is 10.1 Å². The van der Waals surface area contributed by atoms with Crippen molar-refractivity contribution in [2.75, 3.05) is 19.8 Å². The molecule has 0 aliphatic carbocycles. The smallest absolute Gasteiger partial charge is 0.123 e. The predicted octanol–water partition coefficient (Wildman–Crippen LogP) is 2.58. The predicted molar refractivity (Wildman–Crippen MR) is 74.8 cm³/mol. The van der Waals surface area contributed by atoms with Crippen LogP contribution >= 0.6 is 0 Å². The second kappa shape index (κ2) is 7.39. The van der Waals surface area contributed by atoms with E-state index in [0.717, 1.165) is 25.3 Å². The normalized spacial score (nSPS) is 11.6. The van der Waals surface area contributed by atoms with Crippen LogP contribution in [0.1, 0.15) is 32.8 Å². The van der Waals surface area contributed by atoms with E-state index in [1.807, 2.05) is 25.1 Å². The minimum atomic E-state index is 0.120. The molecule has 0 aliphatic heterocycles. The molecule has 1 aromatic rings. The largest absolute Gasteiger partial charge is 0.494 e. The molecule has 1 aromatic carbocycles. The molecule has 0 aromatic heterocycles. The fourth-order valence-corrected chi connectivity index (χ4v) is 1.87. The first-order chi connectivity index (χ1) is 8.59. The van der Waals surface area contributed by atoms with Crippen LogP contribution in [0.3, 0.4) is 0 Å². The van der Waals surface area contributed by atoms with E-state index in [-0.39, 0.29) is 12.0 Å². The molecule has 0 bridgehead atoms. The van der Waals surface area contributed by atoms with Crippen LogP contribution in [-0.4, -0.2) is 24.9 Å². The highest BCUT2D eigenvalue weighted by Crippen LogP contribution is 2.20. The number of para-hydroxylation sites is 1. The molecule has 0 amide bonds. The van der Waals surface area contributed by atoms with E-state index < -0.39 is 0 Å². The molecule has 3 heteroatoms. The maximum Gasteiger partial charge on any atom is 0.123 e. The van der Waals surface area contributed by atoms with Crippen molar-refractivity contribution in [1.82, 2.24) is 5.32 Å². The van der Waals surface area contributed by atoms with Crippen molar-refractivity contribution in [2.45, 2.75) is 33.7 Å². The van der Waals surface area contributed by atoms with Gasteiger partial charge in [-0.1, -0.05) is 32.0 Å². The highest BCUT2D eigenvalue weighted by Gasteiger charge is 2.16. The summed E-state index contributed by atoms with van der Waals surface area (Å²) in [7, 11) is 0. The minimum absolute atomic E-state index is 0.120. The van der Waals surface area contributed by atoms with E-state index in [1.54, 1.807) is 0 Å². The molecular weight excluding hydrogens is 226 g/mol. The van der Waals surface area contributed by atoms with Gasteiger partial charge < -0.3 is 15.2 Å². The minimum Gasteiger partial charge on any atom is -0.494 e. The molecule has 18 heavy (non-hydrogen) atoms. The van der Waals surface area contributed by atoms with Gasteiger partial charge in [-0.3, -0.25) is 0 Å². The van der Waals surface area contributed by atoms with Gasteiger partial charge in [0.2, 0.25) is 0 Å². The number of benzene rings is 1. The second-order valence-electron chi connectivity index (χ2n) is 5.28. The third kappa shape index (κ3) is 5.07. The van der Waals surface area contributed by atoms with E-state index >= 15 is 0 Å². The molecule has 1 rings (SSSR count). The molecule has 0 aliphatic rings. The molecule has 3 nitrogen and oxygen atoms in total. The maximum atomic E-state index is 8.98. The molecule has 0 spiro atoms. The SMILES string of the molecule is CCOc1ccccc1CNCC(C)(C)CCO. The van der Waals surface area contributed by atoms with E-state index in [4.69, 9.17) is 9.84 Å². The first-order valence-electron chi connectivity index (χ1n) is 6.61. The van der Waals surface area contributed by atoms with Crippen molar-refractivity contribution >= 4 is 0 Å². The number of hydrogen-bond donors (Lipinski definition) is 2. The first-order valence-corrected chi connectivity index (χ1v) is 6.61. The van der Waals surface area contributed by atoms with Crippen molar-refractivity contribution in [2.24, 2.45) is 5.41 Å². The number of aliphatic hydroxyl groups is 1. The molecule has 0 saturated heterocycles. The van der Waals surface area contributed by atoms with Crippen LogP contribution in [0, 0.1) is 5.41 Å². The van der Waals surface area contributed by atoms with Gasteiger partial charge in [-0.15, -0.1) is 0 Å². The Kier molecular flexibility index (Phi) is 6.16. The van der Waals surface area contributed by atoms with E-state index in [2.05, 4.69) is 25.2 Å². The first kappa shape index (κ1) is 15.0. The summed E-state index contributed by atoms with van der Waals surface area (Å²) < 4.78 is 5.59. The molecule has 0 fully saturated rings. The fraction of sp³-hybridized carbons (Fsp3) is 0.600. The van der Waals surface area contributed by atoms with Crippen molar-refractivity contribution in [1.29, 1.82) is 0 Å². The molecule has 0 heterocycles. The van der Waals surface area contributed by atoms with Gasteiger partial charge in [-0.2, -0.15) is 0 Å². The van der Waals surface area contributed by atoms with Crippen LogP contribution in [0.25, 0.3) is 0 Å². The monoisotopic (exact) mass is 251 g/mol. The van der Waals surface area contributed by atoms with E-state index in [0.29, 0.717) is 6.61 Å². The number of ether oxygens (including phenoxy) is 1. The molecule has 0 radical (unpaired) electrons. The van der Waals surface area contributed by atoms with Crippen molar-refractivity contribution < 1.29 is 9.84 Å². The Labute approximate surface area is 110 Å². The maximum absolute atomic E-state index is 8.98. The Morgan fingerprint density at radius 3 is 2.67 bits per heavy atom.